The molecule has 8 heteroatoms. The third-order valence-electron chi connectivity index (χ3n) is 4.99. The summed E-state index contributed by atoms with van der Waals surface area (Å²) in [5.74, 6) is 1.16. The molecule has 1 heterocycles. The highest BCUT2D eigenvalue weighted by atomic mass is 16.6. The maximum Gasteiger partial charge on any atom is 0.407 e. The van der Waals surface area contributed by atoms with Gasteiger partial charge in [-0.15, -0.1) is 0 Å². The minimum atomic E-state index is -0.363. The van der Waals surface area contributed by atoms with Crippen LogP contribution in [0.3, 0.4) is 0 Å². The predicted molar refractivity (Wildman–Crippen MR) is 95.8 cm³/mol. The van der Waals surface area contributed by atoms with Crippen LogP contribution >= 0.6 is 0 Å². The van der Waals surface area contributed by atoms with E-state index < -0.39 is 0 Å². The fourth-order valence-corrected chi connectivity index (χ4v) is 3.55. The van der Waals surface area contributed by atoms with Crippen molar-refractivity contribution in [3.05, 3.63) is 11.8 Å². The van der Waals surface area contributed by atoms with Gasteiger partial charge < -0.3 is 20.1 Å². The Bertz CT molecular complexity index is 645. The van der Waals surface area contributed by atoms with Gasteiger partial charge in [0.05, 0.1) is 0 Å². The first-order valence-electron chi connectivity index (χ1n) is 9.28. The van der Waals surface area contributed by atoms with Crippen LogP contribution in [0.25, 0.3) is 0 Å². The van der Waals surface area contributed by atoms with Crippen molar-refractivity contribution in [1.82, 2.24) is 15.5 Å². The molecular weight excluding hydrogens is 336 g/mol. The Labute approximate surface area is 153 Å². The van der Waals surface area contributed by atoms with Gasteiger partial charge in [-0.25, -0.2) is 4.79 Å². The smallest absolute Gasteiger partial charge is 0.407 e. The molecule has 0 bridgehead atoms. The van der Waals surface area contributed by atoms with Crippen LogP contribution in [0.5, 0.6) is 0 Å². The topological polar surface area (TPSA) is 105 Å². The molecule has 0 radical (unpaired) electrons. The van der Waals surface area contributed by atoms with Gasteiger partial charge in [-0.05, 0) is 45.4 Å². The molecule has 1 aromatic rings. The number of nitrogens with one attached hydrogen (secondary N) is 3. The molecule has 2 saturated carbocycles. The molecule has 4 atom stereocenters. The van der Waals surface area contributed by atoms with Crippen molar-refractivity contribution >= 4 is 17.8 Å². The molecule has 26 heavy (non-hydrogen) atoms. The average Bonchev–Trinajstić information content (AvgIpc) is 2.96. The lowest BCUT2D eigenvalue weighted by atomic mass is 10.0. The average molecular weight is 364 g/mol. The van der Waals surface area contributed by atoms with Gasteiger partial charge in [0.2, 0.25) is 5.91 Å². The van der Waals surface area contributed by atoms with E-state index in [1.807, 2.05) is 19.9 Å². The second-order valence-corrected chi connectivity index (χ2v) is 7.59. The summed E-state index contributed by atoms with van der Waals surface area (Å²) >= 11 is 0. The van der Waals surface area contributed by atoms with Crippen LogP contribution < -0.4 is 10.6 Å². The lowest BCUT2D eigenvalue weighted by molar-refractivity contribution is -0.117. The summed E-state index contributed by atoms with van der Waals surface area (Å²) in [6.07, 6.45) is 2.95. The zero-order chi connectivity index (χ0) is 18.7. The number of aromatic nitrogens is 2. The van der Waals surface area contributed by atoms with Crippen molar-refractivity contribution < 1.29 is 19.1 Å². The lowest BCUT2D eigenvalue weighted by Crippen LogP contribution is -2.33. The van der Waals surface area contributed by atoms with Gasteiger partial charge in [0.1, 0.15) is 6.10 Å². The largest absolute Gasteiger partial charge is 0.446 e. The van der Waals surface area contributed by atoms with Crippen LogP contribution in [0.4, 0.5) is 10.6 Å². The Hall–Kier alpha value is -2.09. The first-order chi connectivity index (χ1) is 12.5. The number of hydrogen-bond donors (Lipinski definition) is 3. The van der Waals surface area contributed by atoms with Crippen molar-refractivity contribution in [1.29, 1.82) is 0 Å². The number of nitrogens with zero attached hydrogens (tertiary/aromatic N) is 1. The molecule has 2 aliphatic rings. The fourth-order valence-electron chi connectivity index (χ4n) is 3.55. The van der Waals surface area contributed by atoms with Gasteiger partial charge in [-0.2, -0.15) is 5.10 Å². The number of aromatic amines is 1. The van der Waals surface area contributed by atoms with E-state index in [1.54, 1.807) is 7.11 Å². The molecule has 0 aromatic carbocycles. The normalized spacial score (nSPS) is 27.4. The highest BCUT2D eigenvalue weighted by molar-refractivity contribution is 5.93. The van der Waals surface area contributed by atoms with Gasteiger partial charge in [0.15, 0.2) is 5.82 Å². The summed E-state index contributed by atoms with van der Waals surface area (Å²) in [6, 6.07) is 1.95. The summed E-state index contributed by atoms with van der Waals surface area (Å²) in [6.45, 7) is 4.42. The number of ether oxygens (including phenoxy) is 2. The van der Waals surface area contributed by atoms with E-state index in [0.717, 1.165) is 31.4 Å². The van der Waals surface area contributed by atoms with Gasteiger partial charge in [0, 0.05) is 43.4 Å². The Balaban J connectivity index is 1.46. The van der Waals surface area contributed by atoms with E-state index in [2.05, 4.69) is 20.8 Å². The SMILES string of the molecule is COC[C@@H]1C[C@H]1C(=O)Nc1cc([C@H]2CC[C@@H](OC(=O)NC(C)C)C2)[nH]n1. The molecular formula is C18H28N4O4. The number of rotatable bonds is 7. The first kappa shape index (κ1) is 18.7. The second kappa shape index (κ2) is 8.07. The third kappa shape index (κ3) is 4.75. The van der Waals surface area contributed by atoms with E-state index in [0.29, 0.717) is 18.3 Å². The molecule has 1 aromatic heterocycles. The minimum Gasteiger partial charge on any atom is -0.446 e. The van der Waals surface area contributed by atoms with Crippen LogP contribution in [-0.2, 0) is 14.3 Å². The summed E-state index contributed by atoms with van der Waals surface area (Å²) in [5, 5.41) is 12.8. The highest BCUT2D eigenvalue weighted by Crippen LogP contribution is 2.40. The van der Waals surface area contributed by atoms with Crippen molar-refractivity contribution in [2.45, 2.75) is 57.6 Å². The Morgan fingerprint density at radius 2 is 2.15 bits per heavy atom. The molecule has 2 aliphatic carbocycles. The van der Waals surface area contributed by atoms with Crippen molar-refractivity contribution in [3.63, 3.8) is 0 Å². The van der Waals surface area contributed by atoms with Gasteiger partial charge in [-0.3, -0.25) is 9.89 Å². The molecule has 8 nitrogen and oxygen atoms in total. The standard InChI is InChI=1S/C18H28N4O4/c1-10(2)19-18(24)26-13-5-4-11(6-13)15-8-16(22-21-15)20-17(23)14-7-12(14)9-25-3/h8,10-14H,4-7,9H2,1-3H3,(H,19,24)(H2,20,21,22,23)/t11-,12-,13+,14+/m0/s1. The zero-order valence-corrected chi connectivity index (χ0v) is 15.6. The van der Waals surface area contributed by atoms with Crippen molar-refractivity contribution in [3.8, 4) is 0 Å². The summed E-state index contributed by atoms with van der Waals surface area (Å²) < 4.78 is 10.5. The fraction of sp³-hybridized carbons (Fsp3) is 0.722. The van der Waals surface area contributed by atoms with Gasteiger partial charge in [0.25, 0.3) is 0 Å². The maximum absolute atomic E-state index is 12.2. The Kier molecular flexibility index (Phi) is 5.80. The van der Waals surface area contributed by atoms with E-state index in [-0.39, 0.29) is 36.0 Å². The molecule has 2 fully saturated rings. The first-order valence-corrected chi connectivity index (χ1v) is 9.28. The number of carbonyl (C=O) groups is 2. The second-order valence-electron chi connectivity index (χ2n) is 7.59. The number of hydrogen-bond acceptors (Lipinski definition) is 5. The third-order valence-corrected chi connectivity index (χ3v) is 4.99. The van der Waals surface area contributed by atoms with E-state index in [9.17, 15) is 9.59 Å². The molecule has 144 valence electrons. The Morgan fingerprint density at radius 1 is 1.35 bits per heavy atom. The van der Waals surface area contributed by atoms with Crippen LogP contribution in [0, 0.1) is 11.8 Å². The molecule has 0 unspecified atom stereocenters. The van der Waals surface area contributed by atoms with Crippen LogP contribution in [0.2, 0.25) is 0 Å². The number of carbonyl (C=O) groups excluding carboxylic acids is 2. The maximum atomic E-state index is 12.2. The van der Waals surface area contributed by atoms with Crippen molar-refractivity contribution in [2.24, 2.45) is 11.8 Å². The predicted octanol–water partition coefficient (Wildman–Crippen LogP) is 2.40. The van der Waals surface area contributed by atoms with Crippen LogP contribution in [0.15, 0.2) is 6.07 Å². The molecule has 0 saturated heterocycles. The highest BCUT2D eigenvalue weighted by Gasteiger charge is 2.43. The van der Waals surface area contributed by atoms with Crippen LogP contribution in [0.1, 0.15) is 51.1 Å². The van der Waals surface area contributed by atoms with E-state index >= 15 is 0 Å². The van der Waals surface area contributed by atoms with Crippen LogP contribution in [-0.4, -0.2) is 48.1 Å². The quantitative estimate of drug-likeness (QED) is 0.689. The van der Waals surface area contributed by atoms with Gasteiger partial charge >= 0.3 is 6.09 Å². The zero-order valence-electron chi connectivity index (χ0n) is 15.6. The molecule has 0 spiro atoms. The number of alkyl carbamates (subject to hydrolysis) is 1. The molecule has 3 rings (SSSR count). The lowest BCUT2D eigenvalue weighted by Gasteiger charge is -2.14. The number of H-pyrrole nitrogens is 1. The minimum absolute atomic E-state index is 0.00286. The molecule has 3 N–H and O–H groups in total. The monoisotopic (exact) mass is 364 g/mol. The summed E-state index contributed by atoms with van der Waals surface area (Å²) in [4.78, 5) is 23.9. The van der Waals surface area contributed by atoms with Gasteiger partial charge in [-0.1, -0.05) is 0 Å². The summed E-state index contributed by atoms with van der Waals surface area (Å²) in [5.41, 5.74) is 0.972. The summed E-state index contributed by atoms with van der Waals surface area (Å²) in [7, 11) is 1.65. The van der Waals surface area contributed by atoms with Crippen molar-refractivity contribution in [2.75, 3.05) is 19.0 Å². The number of anilines is 1. The molecule has 0 aliphatic heterocycles. The molecule has 2 amide bonds. The number of methoxy groups -OCH3 is 1. The van der Waals surface area contributed by atoms with E-state index in [4.69, 9.17) is 9.47 Å². The Morgan fingerprint density at radius 3 is 2.88 bits per heavy atom. The van der Waals surface area contributed by atoms with E-state index in [1.165, 1.54) is 0 Å². The number of amides is 2.